The monoisotopic (exact) mass is 292 g/mol. The zero-order valence-electron chi connectivity index (χ0n) is 11.3. The van der Waals surface area contributed by atoms with Crippen molar-refractivity contribution in [3.05, 3.63) is 38.7 Å². The number of hydrogen-bond donors (Lipinski definition) is 1. The normalized spacial score (nSPS) is 15.2. The molecule has 1 aliphatic carbocycles. The van der Waals surface area contributed by atoms with Gasteiger partial charge in [-0.15, -0.1) is 11.3 Å². The highest BCUT2D eigenvalue weighted by atomic mass is 35.5. The number of nitrogens with zero attached hydrogens (tertiary/aromatic N) is 1. The van der Waals surface area contributed by atoms with Crippen molar-refractivity contribution in [1.29, 1.82) is 0 Å². The van der Waals surface area contributed by atoms with E-state index in [2.05, 4.69) is 26.8 Å². The maximum Gasteiger partial charge on any atom is 0.111 e. The van der Waals surface area contributed by atoms with Crippen molar-refractivity contribution in [3.63, 3.8) is 0 Å². The van der Waals surface area contributed by atoms with Crippen molar-refractivity contribution < 1.29 is 0 Å². The lowest BCUT2D eigenvalue weighted by Crippen LogP contribution is -2.26. The molecule has 1 aromatic carbocycles. The second-order valence-electron chi connectivity index (χ2n) is 6.15. The van der Waals surface area contributed by atoms with E-state index in [1.807, 2.05) is 12.1 Å². The highest BCUT2D eigenvalue weighted by Crippen LogP contribution is 2.43. The van der Waals surface area contributed by atoms with Crippen LogP contribution in [0.1, 0.15) is 42.3 Å². The molecule has 19 heavy (non-hydrogen) atoms. The van der Waals surface area contributed by atoms with Crippen LogP contribution in [0.5, 0.6) is 0 Å². The van der Waals surface area contributed by atoms with E-state index in [1.165, 1.54) is 16.0 Å². The lowest BCUT2D eigenvalue weighted by atomic mass is 9.88. The molecule has 0 saturated carbocycles. The van der Waals surface area contributed by atoms with Gasteiger partial charge in [0.05, 0.1) is 11.7 Å². The largest absolute Gasteiger partial charge is 0.322 e. The average molecular weight is 293 g/mol. The quantitative estimate of drug-likeness (QED) is 0.721. The zero-order chi connectivity index (χ0) is 13.8. The summed E-state index contributed by atoms with van der Waals surface area (Å²) < 4.78 is 0. The number of hydrogen-bond acceptors (Lipinski definition) is 3. The molecule has 0 aliphatic heterocycles. The Morgan fingerprint density at radius 3 is 2.79 bits per heavy atom. The van der Waals surface area contributed by atoms with Gasteiger partial charge in [-0.1, -0.05) is 38.4 Å². The number of thiazole rings is 1. The third kappa shape index (κ3) is 2.20. The predicted octanol–water partition coefficient (Wildman–Crippen LogP) is 4.41. The maximum absolute atomic E-state index is 6.30. The fourth-order valence-corrected chi connectivity index (χ4v) is 3.86. The Morgan fingerprint density at radius 1 is 1.37 bits per heavy atom. The maximum atomic E-state index is 6.30. The van der Waals surface area contributed by atoms with E-state index in [4.69, 9.17) is 22.3 Å². The molecular formula is C15H17ClN2S. The van der Waals surface area contributed by atoms with Crippen molar-refractivity contribution in [2.45, 2.75) is 33.2 Å². The topological polar surface area (TPSA) is 38.9 Å². The first-order valence-corrected chi connectivity index (χ1v) is 7.59. The number of rotatable bonds is 1. The number of nitrogens with two attached hydrogens (primary N) is 1. The van der Waals surface area contributed by atoms with Gasteiger partial charge in [-0.25, -0.2) is 4.98 Å². The molecule has 4 heteroatoms. The van der Waals surface area contributed by atoms with Gasteiger partial charge in [0.15, 0.2) is 0 Å². The van der Waals surface area contributed by atoms with Crippen LogP contribution < -0.4 is 5.73 Å². The first-order valence-electron chi connectivity index (χ1n) is 6.40. The fourth-order valence-electron chi connectivity index (χ4n) is 2.32. The van der Waals surface area contributed by atoms with Gasteiger partial charge in [-0.3, -0.25) is 0 Å². The van der Waals surface area contributed by atoms with Gasteiger partial charge in [-0.2, -0.15) is 0 Å². The molecule has 0 fully saturated rings. The Morgan fingerprint density at radius 2 is 2.11 bits per heavy atom. The van der Waals surface area contributed by atoms with Crippen LogP contribution >= 0.6 is 22.9 Å². The van der Waals surface area contributed by atoms with Crippen molar-refractivity contribution in [3.8, 4) is 11.3 Å². The molecule has 0 radical (unpaired) electrons. The van der Waals surface area contributed by atoms with E-state index in [-0.39, 0.29) is 11.5 Å². The summed E-state index contributed by atoms with van der Waals surface area (Å²) in [5, 5.41) is 1.83. The fraction of sp³-hybridized carbons (Fsp3) is 0.400. The second kappa shape index (κ2) is 4.30. The van der Waals surface area contributed by atoms with Gasteiger partial charge >= 0.3 is 0 Å². The van der Waals surface area contributed by atoms with Crippen molar-refractivity contribution >= 4 is 22.9 Å². The summed E-state index contributed by atoms with van der Waals surface area (Å²) in [4.78, 5) is 6.09. The van der Waals surface area contributed by atoms with Crippen LogP contribution in [0.15, 0.2) is 18.2 Å². The van der Waals surface area contributed by atoms with Crippen LogP contribution in [-0.4, -0.2) is 4.98 Å². The lowest BCUT2D eigenvalue weighted by Gasteiger charge is -2.24. The van der Waals surface area contributed by atoms with Crippen LogP contribution in [0, 0.1) is 5.41 Å². The highest BCUT2D eigenvalue weighted by Gasteiger charge is 2.29. The van der Waals surface area contributed by atoms with Crippen molar-refractivity contribution in [2.75, 3.05) is 0 Å². The van der Waals surface area contributed by atoms with Gasteiger partial charge in [-0.05, 0) is 23.1 Å². The van der Waals surface area contributed by atoms with Gasteiger partial charge in [0.1, 0.15) is 5.01 Å². The molecule has 1 unspecified atom stereocenters. The molecule has 2 nitrogen and oxygen atoms in total. The SMILES string of the molecule is CC(C)(C)C(N)c1nc2c(s1)Cc1cc(Cl)ccc1-2. The van der Waals surface area contributed by atoms with E-state index in [0.717, 1.165) is 22.1 Å². The molecular weight excluding hydrogens is 276 g/mol. The van der Waals surface area contributed by atoms with E-state index in [0.29, 0.717) is 0 Å². The Kier molecular flexibility index (Phi) is 2.97. The third-order valence-electron chi connectivity index (χ3n) is 3.59. The van der Waals surface area contributed by atoms with Crippen LogP contribution in [0.3, 0.4) is 0 Å². The smallest absolute Gasteiger partial charge is 0.111 e. The van der Waals surface area contributed by atoms with Crippen LogP contribution in [0.25, 0.3) is 11.3 Å². The van der Waals surface area contributed by atoms with Gasteiger partial charge in [0, 0.05) is 21.9 Å². The summed E-state index contributed by atoms with van der Waals surface area (Å²) in [6, 6.07) is 6.02. The summed E-state index contributed by atoms with van der Waals surface area (Å²) in [7, 11) is 0. The minimum Gasteiger partial charge on any atom is -0.322 e. The molecule has 0 spiro atoms. The third-order valence-corrected chi connectivity index (χ3v) is 4.96. The molecule has 0 saturated heterocycles. The molecule has 2 aromatic rings. The minimum atomic E-state index is -0.0150. The number of fused-ring (bicyclic) bond motifs is 3. The van der Waals surface area contributed by atoms with E-state index in [1.54, 1.807) is 11.3 Å². The van der Waals surface area contributed by atoms with E-state index in [9.17, 15) is 0 Å². The molecule has 2 N–H and O–H groups in total. The molecule has 1 heterocycles. The standard InChI is InChI=1S/C15H17ClN2S/c1-15(2,3)13(17)14-18-12-10-5-4-9(16)6-8(10)7-11(12)19-14/h4-6,13H,7,17H2,1-3H3. The summed E-state index contributed by atoms with van der Waals surface area (Å²) in [6.45, 7) is 6.45. The van der Waals surface area contributed by atoms with Crippen LogP contribution in [0.2, 0.25) is 5.02 Å². The van der Waals surface area contributed by atoms with Crippen LogP contribution in [0.4, 0.5) is 0 Å². The Hall–Kier alpha value is -0.900. The average Bonchev–Trinajstić information content (AvgIpc) is 2.82. The summed E-state index contributed by atoms with van der Waals surface area (Å²) in [5.74, 6) is 0. The predicted molar refractivity (Wildman–Crippen MR) is 81.7 cm³/mol. The highest BCUT2D eigenvalue weighted by molar-refractivity contribution is 7.12. The Bertz CT molecular complexity index is 640. The molecule has 3 rings (SSSR count). The molecule has 0 amide bonds. The van der Waals surface area contributed by atoms with Crippen molar-refractivity contribution in [1.82, 2.24) is 4.98 Å². The first kappa shape index (κ1) is 13.1. The molecule has 0 bridgehead atoms. The number of halogens is 1. The van der Waals surface area contributed by atoms with Gasteiger partial charge < -0.3 is 5.73 Å². The van der Waals surface area contributed by atoms with Gasteiger partial charge in [0.2, 0.25) is 0 Å². The molecule has 1 aromatic heterocycles. The molecule has 1 aliphatic rings. The summed E-state index contributed by atoms with van der Waals surface area (Å²) in [5.41, 5.74) is 9.93. The Balaban J connectivity index is 2.02. The van der Waals surface area contributed by atoms with E-state index < -0.39 is 0 Å². The molecule has 100 valence electrons. The second-order valence-corrected chi connectivity index (χ2v) is 7.70. The summed E-state index contributed by atoms with van der Waals surface area (Å²) in [6.07, 6.45) is 0.930. The first-order chi connectivity index (χ1) is 8.86. The van der Waals surface area contributed by atoms with Gasteiger partial charge in [0.25, 0.3) is 0 Å². The Labute approximate surface area is 122 Å². The number of aromatic nitrogens is 1. The van der Waals surface area contributed by atoms with E-state index >= 15 is 0 Å². The van der Waals surface area contributed by atoms with Crippen molar-refractivity contribution in [2.24, 2.45) is 11.1 Å². The molecule has 1 atom stereocenters. The minimum absolute atomic E-state index is 0.0150. The zero-order valence-corrected chi connectivity index (χ0v) is 12.9. The summed E-state index contributed by atoms with van der Waals surface area (Å²) >= 11 is 7.78. The number of benzene rings is 1. The van der Waals surface area contributed by atoms with Crippen LogP contribution in [-0.2, 0) is 6.42 Å². The lowest BCUT2D eigenvalue weighted by molar-refractivity contribution is 0.326.